The Hall–Kier alpha value is -1.03. The maximum Gasteiger partial charge on any atom is 0.159 e. The van der Waals surface area contributed by atoms with Gasteiger partial charge in [-0.2, -0.15) is 5.10 Å². The first-order chi connectivity index (χ1) is 9.42. The van der Waals surface area contributed by atoms with E-state index in [1.807, 2.05) is 18.5 Å². The third-order valence-corrected chi connectivity index (χ3v) is 4.14. The molecule has 0 saturated carbocycles. The van der Waals surface area contributed by atoms with E-state index in [9.17, 15) is 0 Å². The Kier molecular flexibility index (Phi) is 4.43. The Balaban J connectivity index is 2.79. The number of hydrogen-bond acceptors (Lipinski definition) is 2. The molecule has 0 fully saturated rings. The molecule has 0 aliphatic heterocycles. The van der Waals surface area contributed by atoms with E-state index in [2.05, 4.69) is 37.4 Å². The van der Waals surface area contributed by atoms with Gasteiger partial charge in [-0.05, 0) is 33.1 Å². The van der Waals surface area contributed by atoms with E-state index in [-0.39, 0.29) is 5.38 Å². The summed E-state index contributed by atoms with van der Waals surface area (Å²) < 4.78 is 4.37. The van der Waals surface area contributed by atoms with E-state index in [0.29, 0.717) is 12.0 Å². The van der Waals surface area contributed by atoms with Gasteiger partial charge < -0.3 is 4.57 Å². The van der Waals surface area contributed by atoms with Gasteiger partial charge in [-0.25, -0.2) is 9.67 Å². The minimum absolute atomic E-state index is 0.0973. The van der Waals surface area contributed by atoms with Gasteiger partial charge in [0.1, 0.15) is 11.3 Å². The Labute approximate surface area is 126 Å². The second-order valence-corrected chi connectivity index (χ2v) is 6.40. The molecule has 5 heteroatoms. The van der Waals surface area contributed by atoms with Gasteiger partial charge in [0.2, 0.25) is 0 Å². The number of fused-ring (bicyclic) bond motifs is 1. The standard InChI is InChI=1S/C15H25ClN4/c1-7-12(9(3)4)20-14(10(5)16)17-13-11(6)18-19(8-2)15(13)20/h9-10,12H,7-8H2,1-6H3. The number of alkyl halides is 1. The van der Waals surface area contributed by atoms with Crippen LogP contribution in [0.25, 0.3) is 11.2 Å². The van der Waals surface area contributed by atoms with Crippen molar-refractivity contribution < 1.29 is 0 Å². The number of imidazole rings is 1. The maximum absolute atomic E-state index is 6.38. The van der Waals surface area contributed by atoms with Crippen LogP contribution in [0.15, 0.2) is 0 Å². The Morgan fingerprint density at radius 1 is 1.20 bits per heavy atom. The third-order valence-electron chi connectivity index (χ3n) is 3.95. The van der Waals surface area contributed by atoms with Crippen LogP contribution in [0, 0.1) is 12.8 Å². The minimum atomic E-state index is -0.0973. The monoisotopic (exact) mass is 296 g/mol. The van der Waals surface area contributed by atoms with E-state index in [1.54, 1.807) is 0 Å². The quantitative estimate of drug-likeness (QED) is 0.763. The van der Waals surface area contributed by atoms with Crippen molar-refractivity contribution >= 4 is 22.8 Å². The summed E-state index contributed by atoms with van der Waals surface area (Å²) in [5, 5.41) is 4.50. The normalized spacial score (nSPS) is 15.2. The Morgan fingerprint density at radius 2 is 1.85 bits per heavy atom. The molecule has 0 saturated heterocycles. The zero-order valence-corrected chi connectivity index (χ0v) is 14.1. The summed E-state index contributed by atoms with van der Waals surface area (Å²) in [4.78, 5) is 4.78. The molecular formula is C15H25ClN4. The van der Waals surface area contributed by atoms with Crippen molar-refractivity contribution in [2.24, 2.45) is 5.92 Å². The summed E-state index contributed by atoms with van der Waals surface area (Å²) in [7, 11) is 0. The number of hydrogen-bond donors (Lipinski definition) is 0. The average Bonchev–Trinajstić information content (AvgIpc) is 2.89. The zero-order valence-electron chi connectivity index (χ0n) is 13.3. The van der Waals surface area contributed by atoms with Crippen molar-refractivity contribution in [3.63, 3.8) is 0 Å². The SMILES string of the molecule is CCC(C(C)C)n1c(C(C)Cl)nc2c(C)nn(CC)c21. The highest BCUT2D eigenvalue weighted by atomic mass is 35.5. The molecule has 0 aromatic carbocycles. The highest BCUT2D eigenvalue weighted by Crippen LogP contribution is 2.33. The van der Waals surface area contributed by atoms with E-state index in [1.165, 1.54) is 0 Å². The molecular weight excluding hydrogens is 272 g/mol. The van der Waals surface area contributed by atoms with Crippen LogP contribution < -0.4 is 0 Å². The molecule has 2 aromatic rings. The molecule has 112 valence electrons. The average molecular weight is 297 g/mol. The highest BCUT2D eigenvalue weighted by molar-refractivity contribution is 6.20. The molecule has 2 heterocycles. The highest BCUT2D eigenvalue weighted by Gasteiger charge is 2.26. The summed E-state index contributed by atoms with van der Waals surface area (Å²) in [6.45, 7) is 13.7. The van der Waals surface area contributed by atoms with Crippen LogP contribution in [-0.2, 0) is 6.54 Å². The lowest BCUT2D eigenvalue weighted by Gasteiger charge is -2.24. The van der Waals surface area contributed by atoms with Crippen molar-refractivity contribution in [1.82, 2.24) is 19.3 Å². The Morgan fingerprint density at radius 3 is 2.30 bits per heavy atom. The topological polar surface area (TPSA) is 35.6 Å². The van der Waals surface area contributed by atoms with E-state index >= 15 is 0 Å². The predicted octanol–water partition coefficient (Wildman–Crippen LogP) is 4.47. The molecule has 0 spiro atoms. The number of halogens is 1. The number of aryl methyl sites for hydroxylation is 2. The number of nitrogens with zero attached hydrogens (tertiary/aromatic N) is 4. The second-order valence-electron chi connectivity index (χ2n) is 5.75. The maximum atomic E-state index is 6.38. The van der Waals surface area contributed by atoms with Crippen molar-refractivity contribution in [3.8, 4) is 0 Å². The van der Waals surface area contributed by atoms with Gasteiger partial charge in [0, 0.05) is 12.6 Å². The van der Waals surface area contributed by atoms with Crippen molar-refractivity contribution in [3.05, 3.63) is 11.5 Å². The van der Waals surface area contributed by atoms with Crippen molar-refractivity contribution in [2.45, 2.75) is 65.9 Å². The number of rotatable bonds is 5. The van der Waals surface area contributed by atoms with Gasteiger partial charge in [-0.3, -0.25) is 0 Å². The molecule has 0 bridgehead atoms. The number of aromatic nitrogens is 4. The van der Waals surface area contributed by atoms with Crippen LogP contribution in [0.3, 0.4) is 0 Å². The van der Waals surface area contributed by atoms with Gasteiger partial charge in [-0.15, -0.1) is 11.6 Å². The fourth-order valence-corrected chi connectivity index (χ4v) is 3.14. The predicted molar refractivity (Wildman–Crippen MR) is 84.4 cm³/mol. The van der Waals surface area contributed by atoms with Crippen LogP contribution in [0.5, 0.6) is 0 Å². The van der Waals surface area contributed by atoms with E-state index in [0.717, 1.165) is 35.6 Å². The fourth-order valence-electron chi connectivity index (χ4n) is 2.99. The molecule has 20 heavy (non-hydrogen) atoms. The molecule has 0 aliphatic rings. The van der Waals surface area contributed by atoms with Gasteiger partial charge >= 0.3 is 0 Å². The van der Waals surface area contributed by atoms with Crippen LogP contribution in [0.1, 0.15) is 64.0 Å². The van der Waals surface area contributed by atoms with Gasteiger partial charge in [0.05, 0.1) is 11.1 Å². The Bertz CT molecular complexity index is 595. The molecule has 0 N–H and O–H groups in total. The molecule has 0 amide bonds. The van der Waals surface area contributed by atoms with Crippen LogP contribution >= 0.6 is 11.6 Å². The molecule has 0 radical (unpaired) electrons. The zero-order chi connectivity index (χ0) is 15.0. The molecule has 2 aromatic heterocycles. The molecule has 4 nitrogen and oxygen atoms in total. The lowest BCUT2D eigenvalue weighted by atomic mass is 10.0. The molecule has 0 aliphatic carbocycles. The first-order valence-electron chi connectivity index (χ1n) is 7.51. The van der Waals surface area contributed by atoms with Gasteiger partial charge in [-0.1, -0.05) is 20.8 Å². The summed E-state index contributed by atoms with van der Waals surface area (Å²) in [5.74, 6) is 1.50. The molecule has 2 unspecified atom stereocenters. The van der Waals surface area contributed by atoms with Crippen LogP contribution in [0.4, 0.5) is 0 Å². The van der Waals surface area contributed by atoms with E-state index in [4.69, 9.17) is 16.6 Å². The van der Waals surface area contributed by atoms with Crippen molar-refractivity contribution in [2.75, 3.05) is 0 Å². The second kappa shape index (κ2) is 5.76. The smallest absolute Gasteiger partial charge is 0.159 e. The fraction of sp³-hybridized carbons (Fsp3) is 0.733. The lowest BCUT2D eigenvalue weighted by molar-refractivity contribution is 0.359. The summed E-state index contributed by atoms with van der Waals surface area (Å²) in [6, 6.07) is 0.401. The van der Waals surface area contributed by atoms with Crippen LogP contribution in [-0.4, -0.2) is 19.3 Å². The van der Waals surface area contributed by atoms with Gasteiger partial charge in [0.15, 0.2) is 5.65 Å². The largest absolute Gasteiger partial charge is 0.308 e. The van der Waals surface area contributed by atoms with Crippen LogP contribution in [0.2, 0.25) is 0 Å². The lowest BCUT2D eigenvalue weighted by Crippen LogP contribution is -2.19. The van der Waals surface area contributed by atoms with E-state index < -0.39 is 0 Å². The van der Waals surface area contributed by atoms with Crippen molar-refractivity contribution in [1.29, 1.82) is 0 Å². The summed E-state index contributed by atoms with van der Waals surface area (Å²) >= 11 is 6.38. The first-order valence-corrected chi connectivity index (χ1v) is 7.95. The third kappa shape index (κ3) is 2.34. The summed E-state index contributed by atoms with van der Waals surface area (Å²) in [5.41, 5.74) is 3.10. The molecule has 2 rings (SSSR count). The first kappa shape index (κ1) is 15.4. The minimum Gasteiger partial charge on any atom is -0.308 e. The molecule has 2 atom stereocenters. The van der Waals surface area contributed by atoms with Gasteiger partial charge in [0.25, 0.3) is 0 Å². The summed E-state index contributed by atoms with van der Waals surface area (Å²) in [6.07, 6.45) is 1.06.